The lowest BCUT2D eigenvalue weighted by Gasteiger charge is -2.23. The van der Waals surface area contributed by atoms with Crippen molar-refractivity contribution in [1.29, 1.82) is 0 Å². The van der Waals surface area contributed by atoms with Crippen LogP contribution in [0.3, 0.4) is 0 Å². The van der Waals surface area contributed by atoms with E-state index in [9.17, 15) is 13.2 Å². The summed E-state index contributed by atoms with van der Waals surface area (Å²) in [6, 6.07) is 5.48. The first-order valence-corrected chi connectivity index (χ1v) is 8.51. The number of hydrogen-bond acceptors (Lipinski definition) is 5. The van der Waals surface area contributed by atoms with Gasteiger partial charge in [-0.2, -0.15) is 0 Å². The number of rotatable bonds is 2. The van der Waals surface area contributed by atoms with Crippen LogP contribution in [0.15, 0.2) is 18.2 Å². The number of fused-ring (bicyclic) bond motifs is 3. The summed E-state index contributed by atoms with van der Waals surface area (Å²) < 4.78 is 30.2. The summed E-state index contributed by atoms with van der Waals surface area (Å²) in [5, 5.41) is 3.25. The molecule has 2 aliphatic heterocycles. The van der Waals surface area contributed by atoms with E-state index in [0.717, 1.165) is 23.9 Å². The Morgan fingerprint density at radius 3 is 2.90 bits per heavy atom. The molecule has 1 fully saturated rings. The van der Waals surface area contributed by atoms with Crippen LogP contribution in [0, 0.1) is 0 Å². The van der Waals surface area contributed by atoms with Crippen molar-refractivity contribution in [2.75, 3.05) is 29.9 Å². The fourth-order valence-electron chi connectivity index (χ4n) is 3.09. The van der Waals surface area contributed by atoms with Gasteiger partial charge in [0.2, 0.25) is 10.0 Å². The van der Waals surface area contributed by atoms with Crippen LogP contribution in [-0.2, 0) is 14.8 Å². The molecular formula is C13H17N3O4S. The first-order chi connectivity index (χ1) is 9.90. The Morgan fingerprint density at radius 2 is 2.24 bits per heavy atom. The molecule has 7 nitrogen and oxygen atoms in total. The van der Waals surface area contributed by atoms with Crippen LogP contribution >= 0.6 is 0 Å². The summed E-state index contributed by atoms with van der Waals surface area (Å²) in [4.78, 5) is 13.4. The molecule has 3 rings (SSSR count). The zero-order valence-electron chi connectivity index (χ0n) is 11.8. The molecule has 0 aromatic heterocycles. The van der Waals surface area contributed by atoms with Gasteiger partial charge in [0.25, 0.3) is 0 Å². The molecule has 2 aliphatic rings. The zero-order chi connectivity index (χ0) is 15.2. The molecule has 2 N–H and O–H groups in total. The largest absolute Gasteiger partial charge is 0.453 e. The van der Waals surface area contributed by atoms with Gasteiger partial charge in [-0.1, -0.05) is 12.1 Å². The van der Waals surface area contributed by atoms with Gasteiger partial charge in [0.05, 0.1) is 24.7 Å². The highest BCUT2D eigenvalue weighted by atomic mass is 32.2. The number of amides is 1. The molecular weight excluding hydrogens is 294 g/mol. The maximum atomic E-state index is 11.8. The number of carbonyl (C=O) groups is 1. The third-order valence-electron chi connectivity index (χ3n) is 3.89. The van der Waals surface area contributed by atoms with E-state index in [1.807, 2.05) is 12.1 Å². The molecule has 0 unspecified atom stereocenters. The summed E-state index contributed by atoms with van der Waals surface area (Å²) in [6.07, 6.45) is 1.38. The van der Waals surface area contributed by atoms with E-state index in [1.54, 1.807) is 11.0 Å². The average molecular weight is 311 g/mol. The summed E-state index contributed by atoms with van der Waals surface area (Å²) in [5.74, 6) is 0.153. The van der Waals surface area contributed by atoms with E-state index in [2.05, 4.69) is 10.0 Å². The van der Waals surface area contributed by atoms with Crippen LogP contribution < -0.4 is 10.0 Å². The lowest BCUT2D eigenvalue weighted by Crippen LogP contribution is -2.40. The smallest absolute Gasteiger partial charge is 0.411 e. The predicted octanol–water partition coefficient (Wildman–Crippen LogP) is 1.37. The number of methoxy groups -OCH3 is 1. The van der Waals surface area contributed by atoms with Crippen molar-refractivity contribution in [2.45, 2.75) is 18.5 Å². The monoisotopic (exact) mass is 311 g/mol. The molecule has 1 saturated heterocycles. The Bertz CT molecular complexity index is 689. The Morgan fingerprint density at radius 1 is 1.48 bits per heavy atom. The molecule has 8 heteroatoms. The molecule has 21 heavy (non-hydrogen) atoms. The van der Waals surface area contributed by atoms with Gasteiger partial charge < -0.3 is 10.1 Å². The van der Waals surface area contributed by atoms with E-state index in [0.29, 0.717) is 12.2 Å². The second-order valence-electron chi connectivity index (χ2n) is 5.29. The number of carbonyl (C=O) groups excluding carboxylic acids is 1. The molecule has 1 aromatic rings. The lowest BCUT2D eigenvalue weighted by atomic mass is 9.98. The fourth-order valence-corrected chi connectivity index (χ4v) is 3.66. The van der Waals surface area contributed by atoms with Crippen molar-refractivity contribution in [3.63, 3.8) is 0 Å². The van der Waals surface area contributed by atoms with E-state index >= 15 is 0 Å². The highest BCUT2D eigenvalue weighted by molar-refractivity contribution is 7.92. The van der Waals surface area contributed by atoms with Gasteiger partial charge in [-0.3, -0.25) is 9.62 Å². The minimum Gasteiger partial charge on any atom is -0.453 e. The predicted molar refractivity (Wildman–Crippen MR) is 78.8 cm³/mol. The summed E-state index contributed by atoms with van der Waals surface area (Å²) in [6.45, 7) is 0.623. The van der Waals surface area contributed by atoms with Crippen LogP contribution in [0.25, 0.3) is 0 Å². The second-order valence-corrected chi connectivity index (χ2v) is 7.04. The zero-order valence-corrected chi connectivity index (χ0v) is 12.6. The summed E-state index contributed by atoms with van der Waals surface area (Å²) >= 11 is 0. The normalized spacial score (nSPS) is 23.2. The molecule has 2 heterocycles. The molecule has 0 saturated carbocycles. The SMILES string of the molecule is COC(=O)N1CC[C@H]2c3cccc(NS(C)(=O)=O)c3N[C@@H]21. The van der Waals surface area contributed by atoms with E-state index in [4.69, 9.17) is 4.74 Å². The van der Waals surface area contributed by atoms with Crippen LogP contribution in [0.2, 0.25) is 0 Å². The standard InChI is InChI=1S/C13H17N3O4S/c1-20-13(17)16-7-6-9-8-4-3-5-10(15-21(2,18)19)11(8)14-12(9)16/h3-5,9,12,14-15H,6-7H2,1-2H3/t9-,12+/m0/s1. The van der Waals surface area contributed by atoms with Crippen molar-refractivity contribution < 1.29 is 17.9 Å². The minimum atomic E-state index is -3.35. The van der Waals surface area contributed by atoms with Crippen LogP contribution in [0.4, 0.5) is 16.2 Å². The highest BCUT2D eigenvalue weighted by Gasteiger charge is 2.44. The number of nitrogens with zero attached hydrogens (tertiary/aromatic N) is 1. The minimum absolute atomic E-state index is 0.153. The van der Waals surface area contributed by atoms with Crippen LogP contribution in [-0.4, -0.2) is 45.5 Å². The van der Waals surface area contributed by atoms with Crippen molar-refractivity contribution in [3.05, 3.63) is 23.8 Å². The van der Waals surface area contributed by atoms with E-state index < -0.39 is 10.0 Å². The number of ether oxygens (including phenoxy) is 1. The van der Waals surface area contributed by atoms with Gasteiger partial charge in [0.15, 0.2) is 0 Å². The van der Waals surface area contributed by atoms with E-state index in [-0.39, 0.29) is 18.2 Å². The number of benzene rings is 1. The van der Waals surface area contributed by atoms with Gasteiger partial charge in [-0.25, -0.2) is 13.2 Å². The van der Waals surface area contributed by atoms with Gasteiger partial charge in [-0.15, -0.1) is 0 Å². The summed E-state index contributed by atoms with van der Waals surface area (Å²) in [7, 11) is -2.00. The van der Waals surface area contributed by atoms with Gasteiger partial charge >= 0.3 is 6.09 Å². The molecule has 0 aliphatic carbocycles. The Hall–Kier alpha value is -1.96. The summed E-state index contributed by atoms with van der Waals surface area (Å²) in [5.41, 5.74) is 2.28. The van der Waals surface area contributed by atoms with Crippen molar-refractivity contribution in [3.8, 4) is 0 Å². The topological polar surface area (TPSA) is 87.7 Å². The number of nitrogens with one attached hydrogen (secondary N) is 2. The Kier molecular flexibility index (Phi) is 3.20. The fraction of sp³-hybridized carbons (Fsp3) is 0.462. The van der Waals surface area contributed by atoms with Crippen LogP contribution in [0.1, 0.15) is 17.9 Å². The highest BCUT2D eigenvalue weighted by Crippen LogP contribution is 2.46. The Labute approximate surface area is 123 Å². The second kappa shape index (κ2) is 4.80. The van der Waals surface area contributed by atoms with Crippen molar-refractivity contribution in [2.24, 2.45) is 0 Å². The maximum absolute atomic E-state index is 11.8. The van der Waals surface area contributed by atoms with Crippen molar-refractivity contribution >= 4 is 27.5 Å². The number of sulfonamides is 1. The number of anilines is 2. The lowest BCUT2D eigenvalue weighted by molar-refractivity contribution is 0.122. The molecule has 0 bridgehead atoms. The van der Waals surface area contributed by atoms with Crippen LogP contribution in [0.5, 0.6) is 0 Å². The molecule has 114 valence electrons. The molecule has 2 atom stereocenters. The molecule has 1 amide bonds. The maximum Gasteiger partial charge on any atom is 0.411 e. The molecule has 0 radical (unpaired) electrons. The molecule has 0 spiro atoms. The quantitative estimate of drug-likeness (QED) is 0.861. The van der Waals surface area contributed by atoms with E-state index in [1.165, 1.54) is 7.11 Å². The molecule has 1 aromatic carbocycles. The number of hydrogen-bond donors (Lipinski definition) is 2. The average Bonchev–Trinajstić information content (AvgIpc) is 2.96. The number of likely N-dealkylation sites (tertiary alicyclic amines) is 1. The van der Waals surface area contributed by atoms with Crippen molar-refractivity contribution in [1.82, 2.24) is 4.90 Å². The first-order valence-electron chi connectivity index (χ1n) is 6.62. The first kappa shape index (κ1) is 14.0. The third kappa shape index (κ3) is 2.39. The van der Waals surface area contributed by atoms with Gasteiger partial charge in [-0.05, 0) is 18.1 Å². The van der Waals surface area contributed by atoms with Gasteiger partial charge in [0, 0.05) is 12.5 Å². The Balaban J connectivity index is 1.94. The number of para-hydroxylation sites is 1. The van der Waals surface area contributed by atoms with Gasteiger partial charge in [0.1, 0.15) is 6.17 Å². The third-order valence-corrected chi connectivity index (χ3v) is 4.48.